The van der Waals surface area contributed by atoms with Gasteiger partial charge in [0.1, 0.15) is 29.9 Å². The highest BCUT2D eigenvalue weighted by Gasteiger charge is 2.41. The highest BCUT2D eigenvalue weighted by atomic mass is 32.2. The van der Waals surface area contributed by atoms with Crippen LogP contribution in [0.3, 0.4) is 0 Å². The summed E-state index contributed by atoms with van der Waals surface area (Å²) in [6, 6.07) is 9.92. The molecule has 1 saturated heterocycles. The zero-order valence-electron chi connectivity index (χ0n) is 19.1. The van der Waals surface area contributed by atoms with E-state index >= 15 is 0 Å². The first-order valence-corrected chi connectivity index (χ1v) is 11.8. The van der Waals surface area contributed by atoms with Crippen LogP contribution in [0.4, 0.5) is 8.78 Å². The van der Waals surface area contributed by atoms with Crippen molar-refractivity contribution in [3.63, 3.8) is 0 Å². The van der Waals surface area contributed by atoms with Gasteiger partial charge in [0.05, 0.1) is 37.7 Å². The van der Waals surface area contributed by atoms with Crippen molar-refractivity contribution < 1.29 is 32.9 Å². The Bertz CT molecular complexity index is 1160. The molecule has 0 spiro atoms. The first kappa shape index (κ1) is 25.2. The highest BCUT2D eigenvalue weighted by Crippen LogP contribution is 2.39. The van der Waals surface area contributed by atoms with Gasteiger partial charge in [0.15, 0.2) is 6.29 Å². The molecule has 3 aromatic rings. The van der Waals surface area contributed by atoms with E-state index in [1.807, 2.05) is 0 Å². The summed E-state index contributed by atoms with van der Waals surface area (Å²) in [5.74, 6) is -2.03. The molecule has 2 aromatic carbocycles. The molecular weight excluding hydrogens is 480 g/mol. The van der Waals surface area contributed by atoms with Crippen molar-refractivity contribution in [3.8, 4) is 0 Å². The first-order valence-electron chi connectivity index (χ1n) is 10.9. The molecule has 1 aliphatic heterocycles. The van der Waals surface area contributed by atoms with Gasteiger partial charge in [-0.15, -0.1) is 11.8 Å². The van der Waals surface area contributed by atoms with Gasteiger partial charge in [0.2, 0.25) is 0 Å². The van der Waals surface area contributed by atoms with Crippen LogP contribution in [0, 0.1) is 11.6 Å². The number of hydrogen-bond donors (Lipinski definition) is 1. The molecule has 1 N–H and O–H groups in total. The number of nitrogens with zero attached hydrogens (tertiary/aromatic N) is 3. The number of thioether (sulfide) groups is 1. The van der Waals surface area contributed by atoms with E-state index in [9.17, 15) is 18.7 Å². The quantitative estimate of drug-likeness (QED) is 0.465. The fraction of sp³-hybridized carbons (Fsp3) is 0.375. The zero-order valence-corrected chi connectivity index (χ0v) is 20.0. The molecule has 4 rings (SSSR count). The summed E-state index contributed by atoms with van der Waals surface area (Å²) < 4.78 is 46.2. The van der Waals surface area contributed by atoms with Gasteiger partial charge in [0.25, 0.3) is 0 Å². The number of halogens is 2. The fourth-order valence-electron chi connectivity index (χ4n) is 3.92. The summed E-state index contributed by atoms with van der Waals surface area (Å²) in [5, 5.41) is 15.0. The molecule has 1 aromatic heterocycles. The summed E-state index contributed by atoms with van der Waals surface area (Å²) in [6.45, 7) is 2.28. The van der Waals surface area contributed by atoms with Crippen LogP contribution >= 0.6 is 11.8 Å². The number of aromatic nitrogens is 3. The van der Waals surface area contributed by atoms with Gasteiger partial charge in [-0.05, 0) is 18.2 Å². The fourth-order valence-corrected chi connectivity index (χ4v) is 5.24. The van der Waals surface area contributed by atoms with Crippen LogP contribution in [0.2, 0.25) is 0 Å². The Morgan fingerprint density at radius 1 is 1.29 bits per heavy atom. The minimum Gasteiger partial charge on any atom is -0.465 e. The number of ether oxygens (including phenoxy) is 3. The third-order valence-electron chi connectivity index (χ3n) is 5.78. The standard InChI is InChI=1S/C24H25F2N3O5S/c1-15(24(31,12-29-14-27-13-28-29)20-7-6-18(25)9-21(20)26)35-19-10-33-23(34-11-19)17-5-3-4-16(8-17)22(30)32-2/h3-9,13-15,19,23,31H,10-12H2,1-2H3/t15-,19?,23?,24-/m1/s1. The van der Waals surface area contributed by atoms with Gasteiger partial charge < -0.3 is 19.3 Å². The van der Waals surface area contributed by atoms with Crippen LogP contribution in [0.25, 0.3) is 0 Å². The lowest BCUT2D eigenvalue weighted by molar-refractivity contribution is -0.180. The summed E-state index contributed by atoms with van der Waals surface area (Å²) in [6.07, 6.45) is 2.08. The summed E-state index contributed by atoms with van der Waals surface area (Å²) in [7, 11) is 1.31. The SMILES string of the molecule is COC(=O)c1cccc(C2OCC(S[C@H](C)[C@](O)(Cn3cncn3)c3ccc(F)cc3F)CO2)c1. The van der Waals surface area contributed by atoms with Crippen LogP contribution < -0.4 is 0 Å². The Hall–Kier alpha value is -2.86. The molecule has 1 aliphatic rings. The number of benzene rings is 2. The van der Waals surface area contributed by atoms with Gasteiger partial charge >= 0.3 is 5.97 Å². The van der Waals surface area contributed by atoms with Crippen molar-refractivity contribution in [3.05, 3.63) is 83.4 Å². The maximum Gasteiger partial charge on any atom is 0.337 e. The Labute approximate surface area is 205 Å². The molecule has 8 nitrogen and oxygen atoms in total. The number of hydrogen-bond acceptors (Lipinski definition) is 8. The van der Waals surface area contributed by atoms with E-state index in [0.29, 0.717) is 24.3 Å². The Kier molecular flexibility index (Phi) is 7.80. The number of methoxy groups -OCH3 is 1. The Balaban J connectivity index is 1.46. The second-order valence-corrected chi connectivity index (χ2v) is 9.80. The maximum absolute atomic E-state index is 14.7. The van der Waals surface area contributed by atoms with Crippen molar-refractivity contribution >= 4 is 17.7 Å². The van der Waals surface area contributed by atoms with E-state index in [1.54, 1.807) is 31.2 Å². The smallest absolute Gasteiger partial charge is 0.337 e. The predicted molar refractivity (Wildman–Crippen MR) is 124 cm³/mol. The number of esters is 1. The number of aliphatic hydroxyl groups is 1. The van der Waals surface area contributed by atoms with Crippen molar-refractivity contribution in [2.45, 2.75) is 35.9 Å². The topological polar surface area (TPSA) is 95.7 Å². The van der Waals surface area contributed by atoms with Crippen LogP contribution in [0.5, 0.6) is 0 Å². The van der Waals surface area contributed by atoms with Crippen LogP contribution in [0.1, 0.15) is 34.7 Å². The highest BCUT2D eigenvalue weighted by molar-refractivity contribution is 8.00. The third-order valence-corrected chi connectivity index (χ3v) is 7.24. The lowest BCUT2D eigenvalue weighted by atomic mass is 9.90. The molecule has 11 heteroatoms. The number of rotatable bonds is 8. The van der Waals surface area contributed by atoms with E-state index in [0.717, 1.165) is 12.1 Å². The molecule has 0 radical (unpaired) electrons. The van der Waals surface area contributed by atoms with Crippen molar-refractivity contribution in [2.75, 3.05) is 20.3 Å². The second kappa shape index (κ2) is 10.8. The lowest BCUT2D eigenvalue weighted by Gasteiger charge is -2.37. The van der Waals surface area contributed by atoms with Gasteiger partial charge in [-0.2, -0.15) is 5.10 Å². The minimum atomic E-state index is -1.72. The van der Waals surface area contributed by atoms with Gasteiger partial charge in [-0.25, -0.2) is 23.2 Å². The average Bonchev–Trinajstić information content (AvgIpc) is 3.36. The molecule has 2 heterocycles. The van der Waals surface area contributed by atoms with E-state index in [1.165, 1.54) is 42.3 Å². The molecule has 35 heavy (non-hydrogen) atoms. The minimum absolute atomic E-state index is 0.0375. The molecule has 0 amide bonds. The van der Waals surface area contributed by atoms with E-state index in [4.69, 9.17) is 14.2 Å². The van der Waals surface area contributed by atoms with Crippen molar-refractivity contribution in [1.82, 2.24) is 14.8 Å². The normalized spacial score (nSPS) is 20.7. The van der Waals surface area contributed by atoms with Crippen LogP contribution in [0.15, 0.2) is 55.1 Å². The Morgan fingerprint density at radius 2 is 2.06 bits per heavy atom. The van der Waals surface area contributed by atoms with Crippen LogP contribution in [-0.2, 0) is 26.4 Å². The largest absolute Gasteiger partial charge is 0.465 e. The van der Waals surface area contributed by atoms with Crippen molar-refractivity contribution in [1.29, 1.82) is 0 Å². The maximum atomic E-state index is 14.7. The summed E-state index contributed by atoms with van der Waals surface area (Å²) in [4.78, 5) is 15.7. The van der Waals surface area contributed by atoms with E-state index < -0.39 is 34.7 Å². The third kappa shape index (κ3) is 5.69. The molecule has 186 valence electrons. The van der Waals surface area contributed by atoms with Gasteiger partial charge in [0, 0.05) is 22.4 Å². The van der Waals surface area contributed by atoms with Crippen molar-refractivity contribution in [2.24, 2.45) is 0 Å². The van der Waals surface area contributed by atoms with E-state index in [-0.39, 0.29) is 17.4 Å². The molecule has 0 bridgehead atoms. The molecular formula is C24H25F2N3O5S. The van der Waals surface area contributed by atoms with Crippen LogP contribution in [-0.4, -0.2) is 56.7 Å². The average molecular weight is 506 g/mol. The molecule has 2 atom stereocenters. The number of carbonyl (C=O) groups is 1. The number of carbonyl (C=O) groups excluding carboxylic acids is 1. The second-order valence-electron chi connectivity index (χ2n) is 8.16. The lowest BCUT2D eigenvalue weighted by Crippen LogP contribution is -2.43. The van der Waals surface area contributed by atoms with E-state index in [2.05, 4.69) is 10.1 Å². The molecule has 0 saturated carbocycles. The summed E-state index contributed by atoms with van der Waals surface area (Å²) in [5.41, 5.74) is -0.686. The van der Waals surface area contributed by atoms with Gasteiger partial charge in [-0.1, -0.05) is 25.1 Å². The first-order chi connectivity index (χ1) is 16.8. The summed E-state index contributed by atoms with van der Waals surface area (Å²) >= 11 is 1.37. The molecule has 1 fully saturated rings. The predicted octanol–water partition coefficient (Wildman–Crippen LogP) is 3.47. The zero-order chi connectivity index (χ0) is 25.0. The Morgan fingerprint density at radius 3 is 2.71 bits per heavy atom. The van der Waals surface area contributed by atoms with Gasteiger partial charge in [-0.3, -0.25) is 0 Å². The molecule has 0 aliphatic carbocycles. The molecule has 0 unspecified atom stereocenters. The monoisotopic (exact) mass is 505 g/mol.